The van der Waals surface area contributed by atoms with Gasteiger partial charge in [-0.2, -0.15) is 12.1 Å². The Morgan fingerprint density at radius 2 is 1.44 bits per heavy atom. The van der Waals surface area contributed by atoms with Crippen LogP contribution in [0.2, 0.25) is 0 Å². The number of pyridine rings is 1. The molecule has 0 spiro atoms. The van der Waals surface area contributed by atoms with E-state index in [0.717, 1.165) is 61.5 Å². The van der Waals surface area contributed by atoms with Gasteiger partial charge < -0.3 is 19.1 Å². The van der Waals surface area contributed by atoms with Gasteiger partial charge in [-0.05, 0) is 70.0 Å². The maximum atomic E-state index is 7.96. The predicted molar refractivity (Wildman–Crippen MR) is 215 cm³/mol. The topological polar surface area (TPSA) is 37.9 Å². The van der Waals surface area contributed by atoms with E-state index in [2.05, 4.69) is 113 Å². The maximum absolute atomic E-state index is 7.96. The summed E-state index contributed by atoms with van der Waals surface area (Å²) in [6.45, 7) is 16.6. The molecule has 9 rings (SSSR count). The molecule has 0 radical (unpaired) electrons. The zero-order chi connectivity index (χ0) is 36.1. The van der Waals surface area contributed by atoms with Crippen LogP contribution in [-0.4, -0.2) is 9.55 Å². The van der Waals surface area contributed by atoms with Gasteiger partial charge in [0.25, 0.3) is 0 Å². The molecule has 3 heterocycles. The second kappa shape index (κ2) is 14.0. The zero-order valence-corrected chi connectivity index (χ0v) is 32.2. The van der Waals surface area contributed by atoms with Crippen LogP contribution in [0.15, 0.2) is 146 Å². The fraction of sp³-hybridized carbons (Fsp3) is 0.0851. The summed E-state index contributed by atoms with van der Waals surface area (Å²) in [7, 11) is 0. The molecule has 266 valence electrons. The van der Waals surface area contributed by atoms with Crippen LogP contribution in [0.4, 0.5) is 28.4 Å². The fourth-order valence-corrected chi connectivity index (χ4v) is 7.07. The quantitative estimate of drug-likeness (QED) is 0.156. The Labute approximate surface area is 330 Å². The van der Waals surface area contributed by atoms with Crippen molar-refractivity contribution in [3.8, 4) is 28.4 Å². The second-order valence-electron chi connectivity index (χ2n) is 14.1. The van der Waals surface area contributed by atoms with Gasteiger partial charge in [-0.3, -0.25) is 0 Å². The number of hydrogen-bond donors (Lipinski definition) is 0. The van der Waals surface area contributed by atoms with Crippen molar-refractivity contribution in [2.75, 3.05) is 9.80 Å². The summed E-state index contributed by atoms with van der Waals surface area (Å²) in [6, 6.07) is 54.0. The monoisotopic (exact) mass is 879 g/mol. The summed E-state index contributed by atoms with van der Waals surface area (Å²) in [5.74, 6) is 2.00. The summed E-state index contributed by atoms with van der Waals surface area (Å²) in [5, 5.41) is 2.21. The molecule has 54 heavy (non-hydrogen) atoms. The van der Waals surface area contributed by atoms with Gasteiger partial charge in [-0.1, -0.05) is 93.0 Å². The minimum absolute atomic E-state index is 0. The first-order chi connectivity index (χ1) is 25.9. The van der Waals surface area contributed by atoms with E-state index in [4.69, 9.17) is 16.3 Å². The summed E-state index contributed by atoms with van der Waals surface area (Å²) in [4.78, 5) is 12.9. The van der Waals surface area contributed by atoms with Crippen molar-refractivity contribution >= 4 is 50.2 Å². The molecule has 0 N–H and O–H groups in total. The predicted octanol–water partition coefficient (Wildman–Crippen LogP) is 12.5. The molecule has 0 unspecified atom stereocenters. The van der Waals surface area contributed by atoms with E-state index in [9.17, 15) is 0 Å². The fourth-order valence-electron chi connectivity index (χ4n) is 7.07. The molecule has 6 aromatic carbocycles. The molecule has 1 aliphatic rings. The minimum Gasteiger partial charge on any atom is -0.509 e. The first kappa shape index (κ1) is 34.9. The first-order valence-corrected chi connectivity index (χ1v) is 17.6. The molecular formula is C47H34N5OPt-3. The SMILES string of the molecule is [C-]#[N+]c1cc(N2[CH-]N(c3[c-]c(Oc4[c-]c5c(cc4)c4ccccc4n5-c4cc(C(C)(C)C)ccn4)ccc3)c3ccccc32)ccc1-c1ccccc1.[Pt]. The van der Waals surface area contributed by atoms with Crippen molar-refractivity contribution in [1.29, 1.82) is 0 Å². The largest absolute Gasteiger partial charge is 0.509 e. The molecule has 2 aromatic heterocycles. The van der Waals surface area contributed by atoms with Crippen molar-refractivity contribution < 1.29 is 25.8 Å². The number of benzene rings is 6. The molecule has 0 fully saturated rings. The van der Waals surface area contributed by atoms with Crippen LogP contribution >= 0.6 is 0 Å². The third-order valence-electron chi connectivity index (χ3n) is 9.73. The van der Waals surface area contributed by atoms with Crippen LogP contribution in [0.1, 0.15) is 26.3 Å². The van der Waals surface area contributed by atoms with Crippen LogP contribution in [0.5, 0.6) is 11.5 Å². The summed E-state index contributed by atoms with van der Waals surface area (Å²) >= 11 is 0. The smallest absolute Gasteiger partial charge is 0.196 e. The Morgan fingerprint density at radius 3 is 2.24 bits per heavy atom. The molecule has 8 aromatic rings. The van der Waals surface area contributed by atoms with Crippen LogP contribution < -0.4 is 14.5 Å². The number of anilines is 4. The zero-order valence-electron chi connectivity index (χ0n) is 29.9. The minimum atomic E-state index is -0.0205. The Hall–Kier alpha value is -6.15. The van der Waals surface area contributed by atoms with Crippen molar-refractivity contribution in [2.45, 2.75) is 26.2 Å². The Kier molecular flexibility index (Phi) is 9.05. The molecular weight excluding hydrogens is 846 g/mol. The van der Waals surface area contributed by atoms with Crippen molar-refractivity contribution in [2.24, 2.45) is 0 Å². The maximum Gasteiger partial charge on any atom is 0.196 e. The number of hydrogen-bond acceptors (Lipinski definition) is 4. The van der Waals surface area contributed by atoms with Gasteiger partial charge in [-0.25, -0.2) is 9.83 Å². The van der Waals surface area contributed by atoms with Crippen molar-refractivity contribution in [3.05, 3.63) is 182 Å². The molecule has 0 atom stereocenters. The van der Waals surface area contributed by atoms with E-state index in [-0.39, 0.29) is 26.5 Å². The van der Waals surface area contributed by atoms with Crippen LogP contribution in [0, 0.1) is 25.4 Å². The van der Waals surface area contributed by atoms with Gasteiger partial charge in [-0.15, -0.1) is 48.1 Å². The van der Waals surface area contributed by atoms with Gasteiger partial charge in [0.15, 0.2) is 5.69 Å². The molecule has 7 heteroatoms. The molecule has 0 saturated heterocycles. The Balaban J connectivity index is 0.00000413. The number of aromatic nitrogens is 2. The Bertz CT molecular complexity index is 2710. The van der Waals surface area contributed by atoms with Crippen LogP contribution in [-0.2, 0) is 26.5 Å². The number of rotatable bonds is 6. The first-order valence-electron chi connectivity index (χ1n) is 17.6. The van der Waals surface area contributed by atoms with Crippen molar-refractivity contribution in [1.82, 2.24) is 9.55 Å². The molecule has 0 bridgehead atoms. The average molecular weight is 880 g/mol. The molecule has 6 nitrogen and oxygen atoms in total. The third kappa shape index (κ3) is 6.21. The molecule has 0 amide bonds. The standard InChI is InChI=1S/C47H34N5O.Pt/c1-47(2,3)33-25-26-49-46(27-33)52-42-18-9-8-17-39(42)40-24-22-37(30-45(40)52)53-36-16-12-15-34(28-36)50-31-51(44-20-11-10-19-43(44)50)35-21-23-38(41(29-35)48-4)32-13-6-5-7-14-32;/h5-27,29,31H,1-3H3;/q-3;. The molecule has 0 aliphatic carbocycles. The van der Waals surface area contributed by atoms with Gasteiger partial charge in [0.05, 0.1) is 6.57 Å². The van der Waals surface area contributed by atoms with E-state index < -0.39 is 0 Å². The molecule has 0 saturated carbocycles. The van der Waals surface area contributed by atoms with E-state index in [1.165, 1.54) is 5.56 Å². The Morgan fingerprint density at radius 1 is 0.704 bits per heavy atom. The average Bonchev–Trinajstić information content (AvgIpc) is 3.74. The van der Waals surface area contributed by atoms with Crippen LogP contribution in [0.3, 0.4) is 0 Å². The van der Waals surface area contributed by atoms with Gasteiger partial charge in [0, 0.05) is 61.3 Å². The summed E-state index contributed by atoms with van der Waals surface area (Å²) in [6.07, 6.45) is 1.88. The van der Waals surface area contributed by atoms with E-state index in [1.807, 2.05) is 91.7 Å². The van der Waals surface area contributed by atoms with Gasteiger partial charge in [0.1, 0.15) is 5.82 Å². The number of ether oxygens (including phenoxy) is 1. The number of para-hydroxylation sites is 3. The number of nitrogens with zero attached hydrogens (tertiary/aromatic N) is 5. The van der Waals surface area contributed by atoms with E-state index in [1.54, 1.807) is 0 Å². The summed E-state index contributed by atoms with van der Waals surface area (Å²) in [5.41, 5.74) is 9.42. The van der Waals surface area contributed by atoms with Crippen molar-refractivity contribution in [3.63, 3.8) is 0 Å². The van der Waals surface area contributed by atoms with E-state index in [0.29, 0.717) is 17.2 Å². The van der Waals surface area contributed by atoms with Gasteiger partial charge >= 0.3 is 0 Å². The molecule has 1 aliphatic heterocycles. The third-order valence-corrected chi connectivity index (χ3v) is 9.73. The number of fused-ring (bicyclic) bond motifs is 4. The van der Waals surface area contributed by atoms with E-state index >= 15 is 0 Å². The summed E-state index contributed by atoms with van der Waals surface area (Å²) < 4.78 is 8.67. The van der Waals surface area contributed by atoms with Gasteiger partial charge in [0.2, 0.25) is 0 Å². The van der Waals surface area contributed by atoms with Crippen LogP contribution in [0.25, 0.3) is 43.6 Å². The second-order valence-corrected chi connectivity index (χ2v) is 14.1. The normalized spacial score (nSPS) is 12.4.